The molecule has 0 aliphatic carbocycles. The van der Waals surface area contributed by atoms with E-state index in [2.05, 4.69) is 20.3 Å². The fraction of sp³-hybridized carbons (Fsp3) is 0.364. The zero-order valence-corrected chi connectivity index (χ0v) is 21.6. The van der Waals surface area contributed by atoms with Crippen molar-refractivity contribution in [1.82, 2.24) is 25.0 Å². The summed E-state index contributed by atoms with van der Waals surface area (Å²) >= 11 is 12.8. The first-order valence-electron chi connectivity index (χ1n) is 10.8. The van der Waals surface area contributed by atoms with Gasteiger partial charge in [-0.15, -0.1) is 10.2 Å². The quantitative estimate of drug-likeness (QED) is 0.425. The Hall–Kier alpha value is -3.64. The molecule has 0 radical (unpaired) electrons. The fourth-order valence-electron chi connectivity index (χ4n) is 3.32. The lowest BCUT2D eigenvalue weighted by Crippen LogP contribution is -2.50. The number of carbonyl (C=O) groups is 1. The van der Waals surface area contributed by atoms with Gasteiger partial charge in [-0.1, -0.05) is 37.0 Å². The Morgan fingerprint density at radius 3 is 2.31 bits per heavy atom. The van der Waals surface area contributed by atoms with Crippen LogP contribution in [0, 0.1) is 0 Å². The number of aromatic amines is 2. The van der Waals surface area contributed by atoms with E-state index in [1.165, 1.54) is 18.2 Å². The molecule has 0 aliphatic rings. The highest BCUT2D eigenvalue weighted by Crippen LogP contribution is 2.37. The molecular formula is C22H24Cl2N6O6. The molecule has 12 nitrogen and oxygen atoms in total. The van der Waals surface area contributed by atoms with Gasteiger partial charge in [0, 0.05) is 17.2 Å². The van der Waals surface area contributed by atoms with Crippen LogP contribution in [0.4, 0.5) is 10.6 Å². The lowest BCUT2D eigenvalue weighted by Gasteiger charge is -2.31. The first kappa shape index (κ1) is 27.0. The van der Waals surface area contributed by atoms with Crippen molar-refractivity contribution in [2.75, 3.05) is 4.90 Å². The Bertz CT molecular complexity index is 1470. The van der Waals surface area contributed by atoms with Crippen LogP contribution in [0.5, 0.6) is 11.6 Å². The highest BCUT2D eigenvalue weighted by molar-refractivity contribution is 6.37. The molecule has 36 heavy (non-hydrogen) atoms. The predicted octanol–water partition coefficient (Wildman–Crippen LogP) is 3.90. The van der Waals surface area contributed by atoms with Crippen molar-refractivity contribution in [2.45, 2.75) is 52.5 Å². The molecule has 0 saturated carbocycles. The van der Waals surface area contributed by atoms with Gasteiger partial charge in [-0.25, -0.2) is 14.7 Å². The third-order valence-corrected chi connectivity index (χ3v) is 5.83. The van der Waals surface area contributed by atoms with Crippen molar-refractivity contribution in [2.24, 2.45) is 0 Å². The number of amides is 1. The summed E-state index contributed by atoms with van der Waals surface area (Å²) in [5, 5.41) is 19.8. The van der Waals surface area contributed by atoms with Crippen LogP contribution in [0.1, 0.15) is 52.5 Å². The van der Waals surface area contributed by atoms with Crippen LogP contribution < -0.4 is 26.4 Å². The van der Waals surface area contributed by atoms with Crippen LogP contribution in [0.3, 0.4) is 0 Å². The molecule has 192 valence electrons. The average molecular weight is 539 g/mol. The van der Waals surface area contributed by atoms with E-state index >= 15 is 0 Å². The van der Waals surface area contributed by atoms with E-state index in [0.717, 1.165) is 16.0 Å². The Kier molecular flexibility index (Phi) is 7.60. The fourth-order valence-corrected chi connectivity index (χ4v) is 3.87. The molecule has 0 bridgehead atoms. The molecule has 0 fully saturated rings. The molecule has 3 N–H and O–H groups in total. The van der Waals surface area contributed by atoms with Gasteiger partial charge in [0.25, 0.3) is 11.1 Å². The Morgan fingerprint density at radius 1 is 1.17 bits per heavy atom. The molecule has 14 heteroatoms. The second-order valence-corrected chi connectivity index (χ2v) is 9.74. The first-order valence-corrected chi connectivity index (χ1v) is 11.5. The van der Waals surface area contributed by atoms with E-state index in [-0.39, 0.29) is 38.8 Å². The first-order chi connectivity index (χ1) is 16.7. The minimum absolute atomic E-state index is 0.00344. The molecule has 1 aromatic carbocycles. The van der Waals surface area contributed by atoms with Crippen LogP contribution in [-0.4, -0.2) is 41.7 Å². The molecular weight excluding hydrogens is 515 g/mol. The number of H-pyrrole nitrogens is 2. The monoisotopic (exact) mass is 538 g/mol. The molecule has 1 unspecified atom stereocenters. The maximum atomic E-state index is 12.5. The maximum Gasteiger partial charge on any atom is 0.413 e. The average Bonchev–Trinajstić information content (AvgIpc) is 2.77. The van der Waals surface area contributed by atoms with Crippen LogP contribution >= 0.6 is 23.2 Å². The topological polar surface area (TPSA) is 163 Å². The molecule has 1 amide bonds. The van der Waals surface area contributed by atoms with Gasteiger partial charge in [0.05, 0.1) is 15.7 Å². The van der Waals surface area contributed by atoms with E-state index in [1.54, 1.807) is 20.8 Å². The summed E-state index contributed by atoms with van der Waals surface area (Å²) < 4.78 is 6.48. The Morgan fingerprint density at radius 2 is 1.78 bits per heavy atom. The van der Waals surface area contributed by atoms with E-state index in [9.17, 15) is 24.3 Å². The summed E-state index contributed by atoms with van der Waals surface area (Å²) in [7, 11) is 0. The largest absolute Gasteiger partial charge is 0.465 e. The highest BCUT2D eigenvalue weighted by Gasteiger charge is 2.32. The van der Waals surface area contributed by atoms with Crippen LogP contribution in [0.25, 0.3) is 5.69 Å². The zero-order valence-electron chi connectivity index (χ0n) is 20.0. The van der Waals surface area contributed by atoms with Crippen LogP contribution in [0.2, 0.25) is 10.0 Å². The van der Waals surface area contributed by atoms with Gasteiger partial charge in [0.2, 0.25) is 11.7 Å². The second-order valence-electron chi connectivity index (χ2n) is 8.92. The summed E-state index contributed by atoms with van der Waals surface area (Å²) in [5.41, 5.74) is -2.79. The van der Waals surface area contributed by atoms with Gasteiger partial charge in [-0.3, -0.25) is 19.5 Å². The number of ether oxygens (including phenoxy) is 1. The summed E-state index contributed by atoms with van der Waals surface area (Å²) in [4.78, 5) is 51.6. The molecule has 2 aromatic heterocycles. The number of aromatic nitrogens is 5. The number of hydrogen-bond donors (Lipinski definition) is 3. The van der Waals surface area contributed by atoms with E-state index in [4.69, 9.17) is 27.9 Å². The van der Waals surface area contributed by atoms with E-state index in [0.29, 0.717) is 5.56 Å². The zero-order chi connectivity index (χ0) is 26.9. The number of nitrogens with one attached hydrogen (secondary N) is 2. The van der Waals surface area contributed by atoms with Gasteiger partial charge >= 0.3 is 11.8 Å². The number of hydrogen-bond acceptors (Lipinski definition) is 7. The third kappa shape index (κ3) is 5.44. The third-order valence-electron chi connectivity index (χ3n) is 5.27. The van der Waals surface area contributed by atoms with Crippen LogP contribution in [-0.2, 0) is 0 Å². The summed E-state index contributed by atoms with van der Waals surface area (Å²) in [6.45, 7) is 8.52. The number of carboxylic acid groups (broad SMARTS) is 1. The molecule has 0 saturated heterocycles. The van der Waals surface area contributed by atoms with Crippen molar-refractivity contribution in [3.05, 3.63) is 65.0 Å². The van der Waals surface area contributed by atoms with Gasteiger partial charge in [-0.05, 0) is 45.2 Å². The van der Waals surface area contributed by atoms with Crippen molar-refractivity contribution < 1.29 is 14.6 Å². The number of nitrogens with zero attached hydrogens (tertiary/aromatic N) is 4. The second kappa shape index (κ2) is 10.2. The van der Waals surface area contributed by atoms with Crippen LogP contribution in [0.15, 0.2) is 32.6 Å². The van der Waals surface area contributed by atoms with Crippen molar-refractivity contribution in [3.8, 4) is 17.3 Å². The summed E-state index contributed by atoms with van der Waals surface area (Å²) in [6.07, 6.45) is -0.712. The number of benzene rings is 1. The highest BCUT2D eigenvalue weighted by atomic mass is 35.5. The smallest absolute Gasteiger partial charge is 0.413 e. The van der Waals surface area contributed by atoms with Gasteiger partial charge in [-0.2, -0.15) is 4.68 Å². The number of rotatable bonds is 6. The van der Waals surface area contributed by atoms with Gasteiger partial charge < -0.3 is 9.84 Å². The molecule has 3 aromatic rings. The van der Waals surface area contributed by atoms with Crippen molar-refractivity contribution in [3.63, 3.8) is 0 Å². The molecule has 1 atom stereocenters. The van der Waals surface area contributed by atoms with E-state index < -0.39 is 28.7 Å². The number of anilines is 1. The molecule has 2 heterocycles. The lowest BCUT2D eigenvalue weighted by atomic mass is 10.0. The van der Waals surface area contributed by atoms with Crippen molar-refractivity contribution >= 4 is 35.1 Å². The maximum absolute atomic E-state index is 12.5. The SMILES string of the molecule is CCC(C)c1cc(Oc2c(Cl)cc(-n3nc(N(C(=O)O)C(C)(C)C)c(=O)[nH]c3=O)cc2Cl)n[nH]c1=O. The van der Waals surface area contributed by atoms with Gasteiger partial charge in [0.15, 0.2) is 5.75 Å². The normalized spacial score (nSPS) is 12.3. The minimum atomic E-state index is -1.43. The van der Waals surface area contributed by atoms with E-state index in [1.807, 2.05) is 13.8 Å². The van der Waals surface area contributed by atoms with Gasteiger partial charge in [0.1, 0.15) is 0 Å². The molecule has 3 rings (SSSR count). The summed E-state index contributed by atoms with van der Waals surface area (Å²) in [6, 6.07) is 4.08. The lowest BCUT2D eigenvalue weighted by molar-refractivity contribution is 0.195. The molecule has 0 aliphatic heterocycles. The van der Waals surface area contributed by atoms with Crippen molar-refractivity contribution in [1.29, 1.82) is 0 Å². The molecule has 0 spiro atoms. The Labute approximate surface area is 214 Å². The summed E-state index contributed by atoms with van der Waals surface area (Å²) in [5.74, 6) is -0.517. The number of halogens is 2. The Balaban J connectivity index is 2.08. The predicted molar refractivity (Wildman–Crippen MR) is 134 cm³/mol. The standard InChI is InChI=1S/C22H24Cl2N6O6/c1-6-10(2)12-9-15(26-27-18(12)31)36-16-13(23)7-11(8-14(16)24)30-20(33)25-19(32)17(28-30)29(21(34)35)22(3,4)5/h7-10H,6H2,1-5H3,(H,27,31)(H,34,35)(H,25,32,33). The minimum Gasteiger partial charge on any atom is -0.465 e.